The van der Waals surface area contributed by atoms with Crippen LogP contribution in [0.2, 0.25) is 0 Å². The van der Waals surface area contributed by atoms with E-state index in [1.165, 1.54) is 4.90 Å². The zero-order chi connectivity index (χ0) is 10.3. The number of carboxylic acid groups (broad SMARTS) is 1. The van der Waals surface area contributed by atoms with Crippen LogP contribution in [-0.4, -0.2) is 47.6 Å². The van der Waals surface area contributed by atoms with E-state index in [1.807, 2.05) is 13.8 Å². The Labute approximate surface area is 83.0 Å². The van der Waals surface area contributed by atoms with Gasteiger partial charge in [0.1, 0.15) is 5.72 Å². The zero-order valence-corrected chi connectivity index (χ0v) is 8.49. The summed E-state index contributed by atoms with van der Waals surface area (Å²) in [5, 5.41) is 12.2. The lowest BCUT2D eigenvalue weighted by Crippen LogP contribution is -2.56. The van der Waals surface area contributed by atoms with Gasteiger partial charge in [-0.1, -0.05) is 0 Å². The van der Waals surface area contributed by atoms with Crippen molar-refractivity contribution in [1.29, 1.82) is 0 Å². The highest BCUT2D eigenvalue weighted by Gasteiger charge is 2.42. The number of carbonyl (C=O) groups is 1. The van der Waals surface area contributed by atoms with Crippen LogP contribution < -0.4 is 5.32 Å². The molecule has 0 aromatic heterocycles. The van der Waals surface area contributed by atoms with Crippen molar-refractivity contribution in [2.75, 3.05) is 19.7 Å². The highest BCUT2D eigenvalue weighted by atomic mass is 16.5. The highest BCUT2D eigenvalue weighted by Crippen LogP contribution is 2.25. The molecule has 14 heavy (non-hydrogen) atoms. The van der Waals surface area contributed by atoms with E-state index in [0.717, 1.165) is 0 Å². The van der Waals surface area contributed by atoms with Crippen LogP contribution in [0.1, 0.15) is 13.8 Å². The third-order valence-electron chi connectivity index (χ3n) is 2.90. The summed E-state index contributed by atoms with van der Waals surface area (Å²) in [6, 6.07) is 0.245. The van der Waals surface area contributed by atoms with Crippen molar-refractivity contribution < 1.29 is 14.6 Å². The molecular formula is C9H16N2O3. The second kappa shape index (κ2) is 3.10. The topological polar surface area (TPSA) is 61.8 Å². The minimum absolute atomic E-state index is 0.245. The summed E-state index contributed by atoms with van der Waals surface area (Å²) in [5.74, 6) is 0.305. The third-order valence-corrected chi connectivity index (χ3v) is 2.90. The fraction of sp³-hybridized carbons (Fsp3) is 0.889. The van der Waals surface area contributed by atoms with Crippen molar-refractivity contribution in [3.8, 4) is 0 Å². The molecular weight excluding hydrogens is 184 g/mol. The normalized spacial score (nSPS) is 35.4. The lowest BCUT2D eigenvalue weighted by atomic mass is 10.0. The third kappa shape index (κ3) is 1.69. The van der Waals surface area contributed by atoms with Crippen LogP contribution in [0.3, 0.4) is 0 Å². The lowest BCUT2D eigenvalue weighted by Gasteiger charge is -2.38. The maximum atomic E-state index is 10.8. The van der Waals surface area contributed by atoms with E-state index < -0.39 is 6.09 Å². The summed E-state index contributed by atoms with van der Waals surface area (Å²) >= 11 is 0. The predicted octanol–water partition coefficient (Wildman–Crippen LogP) is 0.321. The number of rotatable bonds is 0. The van der Waals surface area contributed by atoms with Crippen LogP contribution in [-0.2, 0) is 4.74 Å². The van der Waals surface area contributed by atoms with Gasteiger partial charge in [0.2, 0.25) is 0 Å². The average molecular weight is 200 g/mol. The Balaban J connectivity index is 2.02. The van der Waals surface area contributed by atoms with Gasteiger partial charge in [0.15, 0.2) is 0 Å². The van der Waals surface area contributed by atoms with E-state index in [9.17, 15) is 4.79 Å². The Bertz CT molecular complexity index is 254. The number of fused-ring (bicyclic) bond motifs is 1. The fourth-order valence-corrected chi connectivity index (χ4v) is 2.16. The van der Waals surface area contributed by atoms with E-state index in [-0.39, 0.29) is 11.8 Å². The Morgan fingerprint density at radius 1 is 1.57 bits per heavy atom. The standard InChI is InChI=1S/C9H16N2O3/c1-9(2)10-7-4-11(8(12)13)3-6(7)5-14-9/h6-7,10H,3-5H2,1-2H3,(H,12,13). The van der Waals surface area contributed by atoms with E-state index in [2.05, 4.69) is 5.32 Å². The van der Waals surface area contributed by atoms with Crippen LogP contribution in [0.15, 0.2) is 0 Å². The molecule has 2 rings (SSSR count). The minimum atomic E-state index is -0.834. The van der Waals surface area contributed by atoms with Gasteiger partial charge in [-0.25, -0.2) is 4.79 Å². The average Bonchev–Trinajstić information content (AvgIpc) is 2.45. The van der Waals surface area contributed by atoms with Gasteiger partial charge in [-0.05, 0) is 13.8 Å². The molecule has 5 heteroatoms. The van der Waals surface area contributed by atoms with Crippen molar-refractivity contribution in [3.63, 3.8) is 0 Å². The molecule has 2 saturated heterocycles. The van der Waals surface area contributed by atoms with E-state index in [4.69, 9.17) is 9.84 Å². The van der Waals surface area contributed by atoms with Gasteiger partial charge >= 0.3 is 6.09 Å². The number of ether oxygens (including phenoxy) is 1. The molecule has 0 aliphatic carbocycles. The Kier molecular flexibility index (Phi) is 2.16. The molecule has 2 heterocycles. The number of hydrogen-bond donors (Lipinski definition) is 2. The Morgan fingerprint density at radius 3 is 2.93 bits per heavy atom. The molecule has 0 aromatic carbocycles. The zero-order valence-electron chi connectivity index (χ0n) is 8.49. The number of nitrogens with zero attached hydrogens (tertiary/aromatic N) is 1. The molecule has 80 valence electrons. The van der Waals surface area contributed by atoms with E-state index >= 15 is 0 Å². The summed E-state index contributed by atoms with van der Waals surface area (Å²) in [7, 11) is 0. The molecule has 0 bridgehead atoms. The SMILES string of the molecule is CC1(C)NC2CN(C(=O)O)CC2CO1. The monoisotopic (exact) mass is 200 g/mol. The minimum Gasteiger partial charge on any atom is -0.465 e. The molecule has 0 radical (unpaired) electrons. The van der Waals surface area contributed by atoms with E-state index in [1.54, 1.807) is 0 Å². The van der Waals surface area contributed by atoms with Crippen LogP contribution in [0.5, 0.6) is 0 Å². The molecule has 2 unspecified atom stereocenters. The summed E-state index contributed by atoms with van der Waals surface area (Å²) in [6.07, 6.45) is -0.834. The Hall–Kier alpha value is -0.810. The van der Waals surface area contributed by atoms with E-state index in [0.29, 0.717) is 25.6 Å². The Morgan fingerprint density at radius 2 is 2.29 bits per heavy atom. The highest BCUT2D eigenvalue weighted by molar-refractivity contribution is 5.65. The summed E-state index contributed by atoms with van der Waals surface area (Å²) in [5.41, 5.74) is -0.324. The quantitative estimate of drug-likeness (QED) is 0.591. The molecule has 2 aliphatic rings. The second-order valence-electron chi connectivity index (χ2n) is 4.52. The van der Waals surface area contributed by atoms with Crippen LogP contribution in [0, 0.1) is 5.92 Å². The lowest BCUT2D eigenvalue weighted by molar-refractivity contribution is -0.101. The van der Waals surface area contributed by atoms with Crippen molar-refractivity contribution in [2.24, 2.45) is 5.92 Å². The summed E-state index contributed by atoms with van der Waals surface area (Å²) < 4.78 is 5.58. The molecule has 2 aliphatic heterocycles. The first-order valence-corrected chi connectivity index (χ1v) is 4.87. The number of hydrogen-bond acceptors (Lipinski definition) is 3. The molecule has 0 spiro atoms. The second-order valence-corrected chi connectivity index (χ2v) is 4.52. The summed E-state index contributed by atoms with van der Waals surface area (Å²) in [6.45, 7) is 5.74. The number of nitrogens with one attached hydrogen (secondary N) is 1. The van der Waals surface area contributed by atoms with Crippen molar-refractivity contribution >= 4 is 6.09 Å². The number of likely N-dealkylation sites (tertiary alicyclic amines) is 1. The van der Waals surface area contributed by atoms with Crippen molar-refractivity contribution in [1.82, 2.24) is 10.2 Å². The van der Waals surface area contributed by atoms with Gasteiger partial charge in [-0.15, -0.1) is 0 Å². The first kappa shape index (κ1) is 9.73. The van der Waals surface area contributed by atoms with Crippen LogP contribution in [0.4, 0.5) is 4.79 Å². The molecule has 2 atom stereocenters. The predicted molar refractivity (Wildman–Crippen MR) is 50.0 cm³/mol. The molecule has 0 aromatic rings. The molecule has 2 fully saturated rings. The number of amides is 1. The first-order valence-electron chi connectivity index (χ1n) is 4.87. The molecule has 5 nitrogen and oxygen atoms in total. The van der Waals surface area contributed by atoms with Crippen molar-refractivity contribution in [3.05, 3.63) is 0 Å². The first-order chi connectivity index (χ1) is 6.48. The van der Waals surface area contributed by atoms with Gasteiger partial charge < -0.3 is 14.7 Å². The van der Waals surface area contributed by atoms with Gasteiger partial charge in [-0.2, -0.15) is 0 Å². The van der Waals surface area contributed by atoms with Gasteiger partial charge in [-0.3, -0.25) is 5.32 Å². The molecule has 1 amide bonds. The molecule has 0 saturated carbocycles. The van der Waals surface area contributed by atoms with Gasteiger partial charge in [0.05, 0.1) is 6.61 Å². The fourth-order valence-electron chi connectivity index (χ4n) is 2.16. The van der Waals surface area contributed by atoms with Crippen LogP contribution in [0.25, 0.3) is 0 Å². The smallest absolute Gasteiger partial charge is 0.407 e. The van der Waals surface area contributed by atoms with Crippen LogP contribution >= 0.6 is 0 Å². The maximum absolute atomic E-state index is 10.8. The van der Waals surface area contributed by atoms with Crippen molar-refractivity contribution in [2.45, 2.75) is 25.6 Å². The van der Waals surface area contributed by atoms with Gasteiger partial charge in [0, 0.05) is 25.0 Å². The van der Waals surface area contributed by atoms with Gasteiger partial charge in [0.25, 0.3) is 0 Å². The largest absolute Gasteiger partial charge is 0.465 e. The molecule has 2 N–H and O–H groups in total. The maximum Gasteiger partial charge on any atom is 0.407 e. The summed E-state index contributed by atoms with van der Waals surface area (Å²) in [4.78, 5) is 12.2.